The standard InChI is InChI=1S/C19H16N2O2.C2H2O4/c1-22-19-10-15-14-7-2-3-8-17(14)23-18(15)11-16(19)21-12-13-6-4-5-9-20-13;3-1(4)2(5)6/h2-11,21H,12H2,1H3;(H,3,4)(H,5,6). The number of carbonyl (C=O) groups is 2. The number of carboxylic acid groups (broad SMARTS) is 2. The van der Waals surface area contributed by atoms with Crippen LogP contribution in [0.3, 0.4) is 0 Å². The molecule has 29 heavy (non-hydrogen) atoms. The number of furan rings is 1. The van der Waals surface area contributed by atoms with Crippen molar-refractivity contribution in [3.8, 4) is 5.75 Å². The van der Waals surface area contributed by atoms with Gasteiger partial charge in [-0.3, -0.25) is 4.98 Å². The lowest BCUT2D eigenvalue weighted by atomic mass is 10.1. The number of anilines is 1. The Morgan fingerprint density at radius 3 is 2.38 bits per heavy atom. The number of para-hydroxylation sites is 1. The number of hydrogen-bond acceptors (Lipinski definition) is 6. The van der Waals surface area contributed by atoms with Crippen LogP contribution < -0.4 is 10.1 Å². The Morgan fingerprint density at radius 2 is 1.72 bits per heavy atom. The third kappa shape index (κ3) is 4.62. The van der Waals surface area contributed by atoms with E-state index >= 15 is 0 Å². The van der Waals surface area contributed by atoms with Gasteiger partial charge in [0, 0.05) is 23.0 Å². The number of pyridine rings is 1. The minimum absolute atomic E-state index is 0.628. The maximum absolute atomic E-state index is 9.10. The molecule has 0 radical (unpaired) electrons. The Hall–Kier alpha value is -4.07. The monoisotopic (exact) mass is 394 g/mol. The first-order chi connectivity index (χ1) is 14.0. The molecular formula is C21H18N2O6. The zero-order chi connectivity index (χ0) is 20.8. The van der Waals surface area contributed by atoms with Crippen molar-refractivity contribution in [2.24, 2.45) is 0 Å². The van der Waals surface area contributed by atoms with E-state index in [1.54, 1.807) is 13.3 Å². The number of carboxylic acids is 2. The first-order valence-corrected chi connectivity index (χ1v) is 8.59. The van der Waals surface area contributed by atoms with Crippen molar-refractivity contribution in [2.75, 3.05) is 12.4 Å². The number of ether oxygens (including phenoxy) is 1. The van der Waals surface area contributed by atoms with E-state index in [0.29, 0.717) is 6.54 Å². The van der Waals surface area contributed by atoms with Gasteiger partial charge in [-0.2, -0.15) is 0 Å². The summed E-state index contributed by atoms with van der Waals surface area (Å²) in [6.07, 6.45) is 1.79. The Balaban J connectivity index is 0.000000353. The highest BCUT2D eigenvalue weighted by molar-refractivity contribution is 6.27. The van der Waals surface area contributed by atoms with Crippen molar-refractivity contribution < 1.29 is 29.0 Å². The summed E-state index contributed by atoms with van der Waals surface area (Å²) in [7, 11) is 1.68. The maximum Gasteiger partial charge on any atom is 0.414 e. The summed E-state index contributed by atoms with van der Waals surface area (Å²) in [5.41, 5.74) is 3.59. The van der Waals surface area contributed by atoms with Gasteiger partial charge in [-0.25, -0.2) is 9.59 Å². The fraction of sp³-hybridized carbons (Fsp3) is 0.0952. The van der Waals surface area contributed by atoms with E-state index in [1.165, 1.54) is 0 Å². The van der Waals surface area contributed by atoms with E-state index in [1.807, 2.05) is 48.5 Å². The van der Waals surface area contributed by atoms with E-state index in [2.05, 4.69) is 16.4 Å². The number of aromatic nitrogens is 1. The summed E-state index contributed by atoms with van der Waals surface area (Å²) in [5, 5.41) is 20.3. The van der Waals surface area contributed by atoms with E-state index < -0.39 is 11.9 Å². The van der Waals surface area contributed by atoms with Gasteiger partial charge in [-0.1, -0.05) is 24.3 Å². The molecule has 148 valence electrons. The lowest BCUT2D eigenvalue weighted by molar-refractivity contribution is -0.159. The summed E-state index contributed by atoms with van der Waals surface area (Å²) in [5.74, 6) is -2.86. The molecule has 4 rings (SSSR count). The summed E-state index contributed by atoms with van der Waals surface area (Å²) < 4.78 is 11.5. The summed E-state index contributed by atoms with van der Waals surface area (Å²) in [6.45, 7) is 0.628. The second kappa shape index (κ2) is 8.75. The zero-order valence-corrected chi connectivity index (χ0v) is 15.5. The van der Waals surface area contributed by atoms with Gasteiger partial charge in [-0.05, 0) is 24.3 Å². The molecule has 0 saturated heterocycles. The van der Waals surface area contributed by atoms with Gasteiger partial charge in [0.25, 0.3) is 0 Å². The molecule has 2 aromatic heterocycles. The van der Waals surface area contributed by atoms with Crippen LogP contribution in [0.4, 0.5) is 5.69 Å². The number of hydrogen-bond donors (Lipinski definition) is 3. The summed E-state index contributed by atoms with van der Waals surface area (Å²) in [6, 6.07) is 17.9. The minimum Gasteiger partial charge on any atom is -0.495 e. The van der Waals surface area contributed by atoms with Crippen LogP contribution in [0.15, 0.2) is 65.2 Å². The Bertz CT molecular complexity index is 1140. The summed E-state index contributed by atoms with van der Waals surface area (Å²) in [4.78, 5) is 22.5. The van der Waals surface area contributed by atoms with E-state index in [0.717, 1.165) is 39.1 Å². The third-order valence-corrected chi connectivity index (χ3v) is 4.07. The number of aliphatic carboxylic acids is 2. The SMILES string of the molecule is COc1cc2c(cc1NCc1ccccn1)oc1ccccc12.O=C(O)C(=O)O. The Morgan fingerprint density at radius 1 is 1.00 bits per heavy atom. The molecule has 3 N–H and O–H groups in total. The van der Waals surface area contributed by atoms with Crippen LogP contribution in [0, 0.1) is 0 Å². The number of fused-ring (bicyclic) bond motifs is 3. The Kier molecular flexibility index (Phi) is 5.94. The molecule has 0 aliphatic carbocycles. The normalized spacial score (nSPS) is 10.2. The number of rotatable bonds is 4. The smallest absolute Gasteiger partial charge is 0.414 e. The lowest BCUT2D eigenvalue weighted by Gasteiger charge is -2.11. The Labute approximate surface area is 165 Å². The molecule has 0 aliphatic heterocycles. The number of benzene rings is 2. The third-order valence-electron chi connectivity index (χ3n) is 4.07. The molecule has 0 bridgehead atoms. The second-order valence-electron chi connectivity index (χ2n) is 5.93. The van der Waals surface area contributed by atoms with E-state index in [4.69, 9.17) is 29.0 Å². The van der Waals surface area contributed by atoms with Gasteiger partial charge in [0.2, 0.25) is 0 Å². The molecular weight excluding hydrogens is 376 g/mol. The minimum atomic E-state index is -1.82. The molecule has 8 nitrogen and oxygen atoms in total. The highest BCUT2D eigenvalue weighted by Gasteiger charge is 2.12. The van der Waals surface area contributed by atoms with Crippen molar-refractivity contribution in [2.45, 2.75) is 6.54 Å². The topological polar surface area (TPSA) is 122 Å². The average molecular weight is 394 g/mol. The van der Waals surface area contributed by atoms with Crippen molar-refractivity contribution in [1.82, 2.24) is 4.98 Å². The molecule has 0 spiro atoms. The van der Waals surface area contributed by atoms with Gasteiger partial charge >= 0.3 is 11.9 Å². The fourth-order valence-corrected chi connectivity index (χ4v) is 2.75. The van der Waals surface area contributed by atoms with Crippen LogP contribution in [-0.4, -0.2) is 34.2 Å². The molecule has 2 heterocycles. The maximum atomic E-state index is 9.10. The van der Waals surface area contributed by atoms with Crippen LogP contribution in [0.2, 0.25) is 0 Å². The highest BCUT2D eigenvalue weighted by atomic mass is 16.5. The largest absolute Gasteiger partial charge is 0.495 e. The van der Waals surface area contributed by atoms with Crippen LogP contribution >= 0.6 is 0 Å². The van der Waals surface area contributed by atoms with E-state index in [-0.39, 0.29) is 0 Å². The molecule has 2 aromatic carbocycles. The lowest BCUT2D eigenvalue weighted by Crippen LogP contribution is -2.09. The van der Waals surface area contributed by atoms with Crippen molar-refractivity contribution in [3.63, 3.8) is 0 Å². The predicted molar refractivity (Wildman–Crippen MR) is 107 cm³/mol. The van der Waals surface area contributed by atoms with Gasteiger partial charge in [0.15, 0.2) is 0 Å². The van der Waals surface area contributed by atoms with Gasteiger partial charge < -0.3 is 24.7 Å². The molecule has 8 heteroatoms. The van der Waals surface area contributed by atoms with Crippen LogP contribution in [0.5, 0.6) is 5.75 Å². The molecule has 0 fully saturated rings. The fourth-order valence-electron chi connectivity index (χ4n) is 2.75. The highest BCUT2D eigenvalue weighted by Crippen LogP contribution is 2.36. The number of methoxy groups -OCH3 is 1. The number of nitrogens with zero attached hydrogens (tertiary/aromatic N) is 1. The molecule has 0 unspecified atom stereocenters. The second-order valence-corrected chi connectivity index (χ2v) is 5.93. The zero-order valence-electron chi connectivity index (χ0n) is 15.5. The average Bonchev–Trinajstić information content (AvgIpc) is 3.10. The van der Waals surface area contributed by atoms with Crippen molar-refractivity contribution in [3.05, 3.63) is 66.5 Å². The van der Waals surface area contributed by atoms with Gasteiger partial charge in [0.05, 0.1) is 25.0 Å². The molecule has 0 saturated carbocycles. The predicted octanol–water partition coefficient (Wildman–Crippen LogP) is 3.76. The molecule has 0 atom stereocenters. The molecule has 0 aliphatic rings. The molecule has 4 aromatic rings. The molecule has 0 amide bonds. The summed E-state index contributed by atoms with van der Waals surface area (Å²) >= 11 is 0. The van der Waals surface area contributed by atoms with E-state index in [9.17, 15) is 0 Å². The van der Waals surface area contributed by atoms with Crippen molar-refractivity contribution in [1.29, 1.82) is 0 Å². The van der Waals surface area contributed by atoms with Gasteiger partial charge in [-0.15, -0.1) is 0 Å². The van der Waals surface area contributed by atoms with Gasteiger partial charge in [0.1, 0.15) is 16.9 Å². The first kappa shape index (κ1) is 19.7. The number of nitrogens with one attached hydrogen (secondary N) is 1. The van der Waals surface area contributed by atoms with Crippen molar-refractivity contribution >= 4 is 39.6 Å². The van der Waals surface area contributed by atoms with Crippen LogP contribution in [0.1, 0.15) is 5.69 Å². The van der Waals surface area contributed by atoms with Crippen LogP contribution in [0.25, 0.3) is 21.9 Å². The first-order valence-electron chi connectivity index (χ1n) is 8.59. The van der Waals surface area contributed by atoms with Crippen LogP contribution in [-0.2, 0) is 16.1 Å². The quantitative estimate of drug-likeness (QED) is 0.447.